The van der Waals surface area contributed by atoms with Crippen LogP contribution in [0.25, 0.3) is 0 Å². The molecule has 2 aromatic carbocycles. The predicted molar refractivity (Wildman–Crippen MR) is 123 cm³/mol. The quantitative estimate of drug-likeness (QED) is 0.619. The van der Waals surface area contributed by atoms with Crippen LogP contribution in [0.15, 0.2) is 53.9 Å². The summed E-state index contributed by atoms with van der Waals surface area (Å²) >= 11 is 1.40. The van der Waals surface area contributed by atoms with E-state index < -0.39 is 12.0 Å². The van der Waals surface area contributed by atoms with E-state index in [0.29, 0.717) is 23.7 Å². The Bertz CT molecular complexity index is 1090. The lowest BCUT2D eigenvalue weighted by Crippen LogP contribution is -2.47. The molecule has 1 fully saturated rings. The highest BCUT2D eigenvalue weighted by Crippen LogP contribution is 2.43. The molecule has 0 bridgehead atoms. The molecule has 1 saturated heterocycles. The number of hydrogen-bond donors (Lipinski definition) is 1. The van der Waals surface area contributed by atoms with E-state index >= 15 is 0 Å². The summed E-state index contributed by atoms with van der Waals surface area (Å²) in [7, 11) is 1.60. The second kappa shape index (κ2) is 8.89. The number of carbonyl (C=O) groups excluding carboxylic acids is 2. The van der Waals surface area contributed by atoms with Crippen molar-refractivity contribution in [2.45, 2.75) is 32.7 Å². The number of nitrogens with zero attached hydrogens (tertiary/aromatic N) is 2. The number of methoxy groups -OCH3 is 1. The maximum absolute atomic E-state index is 13.4. The van der Waals surface area contributed by atoms with Gasteiger partial charge in [-0.05, 0) is 38.5 Å². The molecule has 2 amide bonds. The fourth-order valence-corrected chi connectivity index (χ4v) is 4.74. The van der Waals surface area contributed by atoms with Crippen molar-refractivity contribution in [3.8, 4) is 5.75 Å². The van der Waals surface area contributed by atoms with E-state index in [9.17, 15) is 9.59 Å². The molecular formula is C24H25N3O3S. The molecule has 2 unspecified atom stereocenters. The van der Waals surface area contributed by atoms with Crippen molar-refractivity contribution in [2.75, 3.05) is 17.3 Å². The molecule has 1 aliphatic heterocycles. The first-order valence-corrected chi connectivity index (χ1v) is 11.1. The fraction of sp³-hybridized carbons (Fsp3) is 0.292. The lowest BCUT2D eigenvalue weighted by atomic mass is 9.82. The van der Waals surface area contributed by atoms with Crippen LogP contribution in [0, 0.1) is 19.8 Å². The smallest absolute Gasteiger partial charge is 0.231 e. The monoisotopic (exact) mass is 435 g/mol. The highest BCUT2D eigenvalue weighted by molar-refractivity contribution is 7.13. The van der Waals surface area contributed by atoms with Gasteiger partial charge in [-0.1, -0.05) is 35.9 Å². The number of para-hydroxylation sites is 1. The van der Waals surface area contributed by atoms with Crippen molar-refractivity contribution in [2.24, 2.45) is 5.92 Å². The number of piperidine rings is 1. The topological polar surface area (TPSA) is 71.5 Å². The van der Waals surface area contributed by atoms with E-state index in [1.54, 1.807) is 12.0 Å². The molecule has 0 saturated carbocycles. The van der Waals surface area contributed by atoms with Crippen molar-refractivity contribution in [3.63, 3.8) is 0 Å². The molecule has 31 heavy (non-hydrogen) atoms. The summed E-state index contributed by atoms with van der Waals surface area (Å²) in [6.45, 7) is 3.90. The van der Waals surface area contributed by atoms with Crippen molar-refractivity contribution in [1.82, 2.24) is 4.98 Å². The van der Waals surface area contributed by atoms with Crippen LogP contribution in [0.5, 0.6) is 5.75 Å². The zero-order valence-corrected chi connectivity index (χ0v) is 18.6. The molecule has 0 aliphatic carbocycles. The van der Waals surface area contributed by atoms with E-state index in [-0.39, 0.29) is 11.8 Å². The third kappa shape index (κ3) is 4.32. The molecule has 0 radical (unpaired) electrons. The van der Waals surface area contributed by atoms with E-state index in [2.05, 4.69) is 10.3 Å². The molecule has 4 rings (SSSR count). The Morgan fingerprint density at radius 2 is 1.90 bits per heavy atom. The van der Waals surface area contributed by atoms with Gasteiger partial charge < -0.3 is 15.0 Å². The molecule has 1 N–H and O–H groups in total. The SMILES string of the molecule is COc1ccccc1C1C(C(=O)Nc2nc(C)cs2)CCC(=O)N1c1ccc(C)cc1. The van der Waals surface area contributed by atoms with E-state index in [1.807, 2.05) is 67.8 Å². The number of aryl methyl sites for hydroxylation is 2. The molecule has 6 nitrogen and oxygen atoms in total. The van der Waals surface area contributed by atoms with Gasteiger partial charge in [0.2, 0.25) is 11.8 Å². The minimum atomic E-state index is -0.485. The first-order valence-electron chi connectivity index (χ1n) is 10.2. The van der Waals surface area contributed by atoms with Crippen LogP contribution in [0.1, 0.15) is 35.7 Å². The average molecular weight is 436 g/mol. The van der Waals surface area contributed by atoms with Gasteiger partial charge in [0.25, 0.3) is 0 Å². The number of ether oxygens (including phenoxy) is 1. The number of nitrogens with one attached hydrogen (secondary N) is 1. The normalized spacial score (nSPS) is 18.7. The largest absolute Gasteiger partial charge is 0.496 e. The molecule has 160 valence electrons. The van der Waals surface area contributed by atoms with Gasteiger partial charge in [-0.15, -0.1) is 11.3 Å². The number of anilines is 2. The molecule has 3 aromatic rings. The van der Waals surface area contributed by atoms with Crippen molar-refractivity contribution in [1.29, 1.82) is 0 Å². The second-order valence-electron chi connectivity index (χ2n) is 7.71. The zero-order chi connectivity index (χ0) is 22.0. The number of rotatable bonds is 5. The fourth-order valence-electron chi connectivity index (χ4n) is 4.05. The summed E-state index contributed by atoms with van der Waals surface area (Å²) in [5.41, 5.74) is 3.56. The molecule has 2 heterocycles. The Morgan fingerprint density at radius 3 is 2.58 bits per heavy atom. The van der Waals surface area contributed by atoms with Gasteiger partial charge in [0.15, 0.2) is 5.13 Å². The Morgan fingerprint density at radius 1 is 1.16 bits per heavy atom. The minimum Gasteiger partial charge on any atom is -0.496 e. The Labute approximate surface area is 185 Å². The van der Waals surface area contributed by atoms with Crippen molar-refractivity contribution in [3.05, 3.63) is 70.7 Å². The third-order valence-corrected chi connectivity index (χ3v) is 6.43. The number of thiazole rings is 1. The molecule has 0 spiro atoms. The first-order chi connectivity index (χ1) is 15.0. The number of hydrogen-bond acceptors (Lipinski definition) is 5. The van der Waals surface area contributed by atoms with Crippen molar-refractivity contribution < 1.29 is 14.3 Å². The summed E-state index contributed by atoms with van der Waals surface area (Å²) in [4.78, 5) is 32.6. The van der Waals surface area contributed by atoms with E-state index in [4.69, 9.17) is 4.74 Å². The van der Waals surface area contributed by atoms with Crippen LogP contribution >= 0.6 is 11.3 Å². The van der Waals surface area contributed by atoms with Gasteiger partial charge >= 0.3 is 0 Å². The number of aromatic nitrogens is 1. The summed E-state index contributed by atoms with van der Waals surface area (Å²) in [6.07, 6.45) is 0.759. The molecule has 1 aromatic heterocycles. The van der Waals surface area contributed by atoms with Crippen LogP contribution < -0.4 is 15.0 Å². The molecule has 2 atom stereocenters. The minimum absolute atomic E-state index is 0.00565. The van der Waals surface area contributed by atoms with Gasteiger partial charge in [-0.2, -0.15) is 0 Å². The molecule has 1 aliphatic rings. The number of amides is 2. The number of carbonyl (C=O) groups is 2. The summed E-state index contributed by atoms with van der Waals surface area (Å²) in [5.74, 6) is 0.0606. The van der Waals surface area contributed by atoms with E-state index in [1.165, 1.54) is 11.3 Å². The van der Waals surface area contributed by atoms with Gasteiger partial charge in [0.1, 0.15) is 5.75 Å². The van der Waals surface area contributed by atoms with Gasteiger partial charge in [0.05, 0.1) is 24.8 Å². The Hall–Kier alpha value is -3.19. The van der Waals surface area contributed by atoms with Crippen LogP contribution in [0.3, 0.4) is 0 Å². The van der Waals surface area contributed by atoms with Crippen LogP contribution in [0.4, 0.5) is 10.8 Å². The van der Waals surface area contributed by atoms with E-state index in [0.717, 1.165) is 22.5 Å². The Kier molecular flexibility index (Phi) is 6.04. The van der Waals surface area contributed by atoms with Crippen LogP contribution in [-0.4, -0.2) is 23.9 Å². The standard InChI is InChI=1S/C24H25N3O3S/c1-15-8-10-17(11-9-15)27-21(28)13-12-19(23(29)26-24-25-16(2)14-31-24)22(27)18-6-4-5-7-20(18)30-3/h4-11,14,19,22H,12-13H2,1-3H3,(H,25,26,29). The third-order valence-electron chi connectivity index (χ3n) is 5.55. The van der Waals surface area contributed by atoms with Gasteiger partial charge in [0, 0.05) is 23.1 Å². The van der Waals surface area contributed by atoms with Gasteiger partial charge in [-0.3, -0.25) is 9.59 Å². The summed E-state index contributed by atoms with van der Waals surface area (Å²) < 4.78 is 5.61. The number of benzene rings is 2. The first kappa shape index (κ1) is 21.1. The summed E-state index contributed by atoms with van der Waals surface area (Å²) in [6, 6.07) is 14.9. The molecule has 7 heteroatoms. The lowest BCUT2D eigenvalue weighted by Gasteiger charge is -2.41. The lowest BCUT2D eigenvalue weighted by molar-refractivity contribution is -0.125. The average Bonchev–Trinajstić information content (AvgIpc) is 3.18. The summed E-state index contributed by atoms with van der Waals surface area (Å²) in [5, 5.41) is 5.42. The van der Waals surface area contributed by atoms with Crippen molar-refractivity contribution >= 4 is 34.0 Å². The molecular weight excluding hydrogens is 410 g/mol. The predicted octanol–water partition coefficient (Wildman–Crippen LogP) is 4.89. The highest BCUT2D eigenvalue weighted by Gasteiger charge is 2.42. The zero-order valence-electron chi connectivity index (χ0n) is 17.8. The maximum atomic E-state index is 13.4. The van der Waals surface area contributed by atoms with Gasteiger partial charge in [-0.25, -0.2) is 4.98 Å². The second-order valence-corrected chi connectivity index (χ2v) is 8.57. The van der Waals surface area contributed by atoms with Crippen LogP contribution in [0.2, 0.25) is 0 Å². The maximum Gasteiger partial charge on any atom is 0.231 e. The highest BCUT2D eigenvalue weighted by atomic mass is 32.1. The Balaban J connectivity index is 1.78. The van der Waals surface area contributed by atoms with Crippen LogP contribution in [-0.2, 0) is 9.59 Å².